The van der Waals surface area contributed by atoms with Crippen LogP contribution in [0.4, 0.5) is 0 Å². The van der Waals surface area contributed by atoms with Crippen LogP contribution in [-0.2, 0) is 0 Å². The molecule has 3 N–H and O–H groups in total. The van der Waals surface area contributed by atoms with E-state index in [-0.39, 0.29) is 5.92 Å². The molecule has 0 radical (unpaired) electrons. The quantitative estimate of drug-likeness (QED) is 0.889. The van der Waals surface area contributed by atoms with Gasteiger partial charge in [-0.3, -0.25) is 0 Å². The van der Waals surface area contributed by atoms with Crippen LogP contribution in [0.1, 0.15) is 56.3 Å². The van der Waals surface area contributed by atoms with E-state index < -0.39 is 5.60 Å². The fourth-order valence-corrected chi connectivity index (χ4v) is 4.19. The van der Waals surface area contributed by atoms with Crippen molar-refractivity contribution in [1.82, 2.24) is 0 Å². The maximum absolute atomic E-state index is 11.2. The van der Waals surface area contributed by atoms with Gasteiger partial charge in [0, 0.05) is 23.5 Å². The molecular formula is C21H28NO+. The maximum atomic E-state index is 11.2. The van der Waals surface area contributed by atoms with Crippen LogP contribution in [0.3, 0.4) is 0 Å². The second-order valence-electron chi connectivity index (χ2n) is 7.10. The Labute approximate surface area is 139 Å². The summed E-state index contributed by atoms with van der Waals surface area (Å²) in [6.07, 6.45) is 2.98. The highest BCUT2D eigenvalue weighted by Crippen LogP contribution is 2.40. The molecule has 4 atom stereocenters. The number of hydrogen-bond donors (Lipinski definition) is 2. The molecule has 1 aliphatic heterocycles. The van der Waals surface area contributed by atoms with E-state index in [1.54, 1.807) is 0 Å². The lowest BCUT2D eigenvalue weighted by atomic mass is 9.70. The Balaban J connectivity index is 1.95. The van der Waals surface area contributed by atoms with E-state index in [1.807, 2.05) is 6.92 Å². The summed E-state index contributed by atoms with van der Waals surface area (Å²) in [5, 5.41) is 13.7. The van der Waals surface area contributed by atoms with Crippen LogP contribution in [0.5, 0.6) is 0 Å². The summed E-state index contributed by atoms with van der Waals surface area (Å²) in [6, 6.07) is 21.9. The zero-order chi connectivity index (χ0) is 16.3. The van der Waals surface area contributed by atoms with Crippen molar-refractivity contribution < 1.29 is 10.4 Å². The van der Waals surface area contributed by atoms with E-state index in [2.05, 4.69) is 72.9 Å². The van der Waals surface area contributed by atoms with Crippen LogP contribution in [-0.4, -0.2) is 10.7 Å². The summed E-state index contributed by atoms with van der Waals surface area (Å²) in [7, 11) is 0. The minimum atomic E-state index is -0.633. The molecule has 1 saturated heterocycles. The Morgan fingerprint density at radius 3 is 2.13 bits per heavy atom. The van der Waals surface area contributed by atoms with Crippen LogP contribution in [0.2, 0.25) is 0 Å². The van der Waals surface area contributed by atoms with Gasteiger partial charge in [0.2, 0.25) is 0 Å². The summed E-state index contributed by atoms with van der Waals surface area (Å²) in [5.74, 6) is 0.287. The van der Waals surface area contributed by atoms with Gasteiger partial charge in [-0.05, 0) is 13.3 Å². The molecule has 0 amide bonds. The first-order chi connectivity index (χ1) is 11.1. The van der Waals surface area contributed by atoms with Crippen LogP contribution >= 0.6 is 0 Å². The Morgan fingerprint density at radius 1 is 1.00 bits per heavy atom. The van der Waals surface area contributed by atoms with Gasteiger partial charge >= 0.3 is 0 Å². The standard InChI is InChI=1S/C21H27NO/c1-3-10-18-20(17-13-8-5-9-14-17)22-19(15-21(18,2)23)16-11-6-4-7-12-16/h4-9,11-14,18-20,22-23H,3,10,15H2,1-2H3/p+1. The SMILES string of the molecule is CCCC1C(c2ccccc2)[NH2+]C(c2ccccc2)CC1(C)O. The van der Waals surface area contributed by atoms with E-state index in [0.717, 1.165) is 19.3 Å². The molecule has 0 saturated carbocycles. The monoisotopic (exact) mass is 310 g/mol. The minimum absolute atomic E-state index is 0.287. The van der Waals surface area contributed by atoms with Crippen LogP contribution in [0.15, 0.2) is 60.7 Å². The third kappa shape index (κ3) is 3.49. The zero-order valence-corrected chi connectivity index (χ0v) is 14.2. The van der Waals surface area contributed by atoms with Gasteiger partial charge in [-0.15, -0.1) is 0 Å². The number of hydrogen-bond acceptors (Lipinski definition) is 1. The van der Waals surface area contributed by atoms with Crippen molar-refractivity contribution in [2.24, 2.45) is 5.92 Å². The summed E-state index contributed by atoms with van der Waals surface area (Å²) in [4.78, 5) is 0. The number of piperidine rings is 1. The smallest absolute Gasteiger partial charge is 0.118 e. The highest BCUT2D eigenvalue weighted by molar-refractivity contribution is 5.22. The lowest BCUT2D eigenvalue weighted by Gasteiger charge is -2.44. The van der Waals surface area contributed by atoms with Crippen LogP contribution < -0.4 is 5.32 Å². The lowest BCUT2D eigenvalue weighted by Crippen LogP contribution is -2.91. The molecule has 4 unspecified atom stereocenters. The highest BCUT2D eigenvalue weighted by atomic mass is 16.3. The average molecular weight is 310 g/mol. The van der Waals surface area contributed by atoms with Gasteiger partial charge < -0.3 is 10.4 Å². The molecule has 122 valence electrons. The van der Waals surface area contributed by atoms with E-state index in [9.17, 15) is 5.11 Å². The number of rotatable bonds is 4. The van der Waals surface area contributed by atoms with Gasteiger partial charge in [0.05, 0.1) is 5.60 Å². The first kappa shape index (κ1) is 16.2. The van der Waals surface area contributed by atoms with Crippen molar-refractivity contribution >= 4 is 0 Å². The van der Waals surface area contributed by atoms with E-state index >= 15 is 0 Å². The molecular weight excluding hydrogens is 282 g/mol. The fraction of sp³-hybridized carbons (Fsp3) is 0.429. The van der Waals surface area contributed by atoms with Gasteiger partial charge in [0.15, 0.2) is 0 Å². The van der Waals surface area contributed by atoms with Gasteiger partial charge in [-0.25, -0.2) is 0 Å². The average Bonchev–Trinajstić information content (AvgIpc) is 2.58. The molecule has 0 aromatic heterocycles. The first-order valence-corrected chi connectivity index (χ1v) is 8.79. The molecule has 2 nitrogen and oxygen atoms in total. The molecule has 0 spiro atoms. The molecule has 2 aromatic carbocycles. The number of benzene rings is 2. The second-order valence-corrected chi connectivity index (χ2v) is 7.10. The van der Waals surface area contributed by atoms with Crippen molar-refractivity contribution in [1.29, 1.82) is 0 Å². The van der Waals surface area contributed by atoms with E-state index in [0.29, 0.717) is 12.1 Å². The molecule has 2 heteroatoms. The largest absolute Gasteiger partial charge is 0.389 e. The van der Waals surface area contributed by atoms with Gasteiger partial charge in [-0.1, -0.05) is 74.0 Å². The van der Waals surface area contributed by atoms with E-state index in [4.69, 9.17) is 0 Å². The number of nitrogens with two attached hydrogens (primary N) is 1. The molecule has 2 aromatic rings. The topological polar surface area (TPSA) is 36.8 Å². The van der Waals surface area contributed by atoms with Crippen molar-refractivity contribution in [2.75, 3.05) is 0 Å². The van der Waals surface area contributed by atoms with Crippen molar-refractivity contribution in [3.63, 3.8) is 0 Å². The normalized spacial score (nSPS) is 31.0. The summed E-state index contributed by atoms with van der Waals surface area (Å²) < 4.78 is 0. The Bertz CT molecular complexity index is 608. The van der Waals surface area contributed by atoms with Crippen molar-refractivity contribution in [2.45, 2.75) is 50.8 Å². The predicted octanol–water partition coefficient (Wildman–Crippen LogP) is 3.60. The Hall–Kier alpha value is -1.64. The highest BCUT2D eigenvalue weighted by Gasteiger charge is 2.47. The van der Waals surface area contributed by atoms with Gasteiger partial charge in [0.1, 0.15) is 12.1 Å². The molecule has 0 bridgehead atoms. The summed E-state index contributed by atoms with van der Waals surface area (Å²) in [5.41, 5.74) is 2.00. The van der Waals surface area contributed by atoms with E-state index in [1.165, 1.54) is 11.1 Å². The number of quaternary nitrogens is 1. The zero-order valence-electron chi connectivity index (χ0n) is 14.2. The molecule has 0 aliphatic carbocycles. The first-order valence-electron chi connectivity index (χ1n) is 8.79. The Kier molecular flexibility index (Phi) is 4.84. The number of aliphatic hydroxyl groups is 1. The lowest BCUT2D eigenvalue weighted by molar-refractivity contribution is -0.756. The fourth-order valence-electron chi connectivity index (χ4n) is 4.19. The molecule has 1 aliphatic rings. The maximum Gasteiger partial charge on any atom is 0.118 e. The molecule has 3 rings (SSSR count). The van der Waals surface area contributed by atoms with Gasteiger partial charge in [0.25, 0.3) is 0 Å². The molecule has 23 heavy (non-hydrogen) atoms. The minimum Gasteiger partial charge on any atom is -0.389 e. The van der Waals surface area contributed by atoms with Crippen molar-refractivity contribution in [3.05, 3.63) is 71.8 Å². The van der Waals surface area contributed by atoms with Gasteiger partial charge in [-0.2, -0.15) is 0 Å². The van der Waals surface area contributed by atoms with Crippen molar-refractivity contribution in [3.8, 4) is 0 Å². The summed E-state index contributed by atoms with van der Waals surface area (Å²) in [6.45, 7) is 4.24. The molecule has 1 heterocycles. The van der Waals surface area contributed by atoms with Crippen LogP contribution in [0.25, 0.3) is 0 Å². The third-order valence-corrected chi connectivity index (χ3v) is 5.32. The third-order valence-electron chi connectivity index (χ3n) is 5.32. The van der Waals surface area contributed by atoms with Crippen LogP contribution in [0, 0.1) is 5.92 Å². The summed E-state index contributed by atoms with van der Waals surface area (Å²) >= 11 is 0. The Morgan fingerprint density at radius 2 is 1.57 bits per heavy atom. The molecule has 1 fully saturated rings. The second kappa shape index (κ2) is 6.86. The predicted molar refractivity (Wildman–Crippen MR) is 93.9 cm³/mol.